The summed E-state index contributed by atoms with van der Waals surface area (Å²) in [7, 11) is 0. The van der Waals surface area contributed by atoms with Crippen LogP contribution < -0.4 is 21.5 Å². The molecule has 0 saturated carbocycles. The summed E-state index contributed by atoms with van der Waals surface area (Å²) in [6, 6.07) is 9.85. The molecule has 2 aromatic carbocycles. The molecule has 0 spiro atoms. The van der Waals surface area contributed by atoms with E-state index in [0.717, 1.165) is 6.07 Å². The average molecular weight is 639 g/mol. The van der Waals surface area contributed by atoms with Gasteiger partial charge < -0.3 is 40.6 Å². The van der Waals surface area contributed by atoms with E-state index in [9.17, 15) is 23.6 Å². The fourth-order valence-electron chi connectivity index (χ4n) is 4.46. The maximum atomic E-state index is 14.6. The third-order valence-corrected chi connectivity index (χ3v) is 6.85. The number of aromatic nitrogens is 2. The van der Waals surface area contributed by atoms with Gasteiger partial charge in [0, 0.05) is 43.1 Å². The Kier molecular flexibility index (Phi) is 10.8. The molecule has 2 heterocycles. The molecule has 1 aliphatic heterocycles. The predicted molar refractivity (Wildman–Crippen MR) is 161 cm³/mol. The zero-order valence-electron chi connectivity index (χ0n) is 25.5. The second-order valence-corrected chi connectivity index (χ2v) is 10.9. The third-order valence-electron chi connectivity index (χ3n) is 6.85. The smallest absolute Gasteiger partial charge is 0.410 e. The second-order valence-electron chi connectivity index (χ2n) is 10.9. The molecule has 2 amide bonds. The molecule has 4 rings (SSSR count). The number of hydrogen-bond donors (Lipinski definition) is 3. The first-order chi connectivity index (χ1) is 21.9. The Morgan fingerprint density at radius 3 is 2.48 bits per heavy atom. The molecule has 0 unspecified atom stereocenters. The number of anilines is 1. The largest absolute Gasteiger partial charge is 0.467 e. The predicted octanol–water partition coefficient (Wildman–Crippen LogP) is 2.32. The van der Waals surface area contributed by atoms with E-state index in [4.69, 9.17) is 30.4 Å². The number of amides is 2. The molecular formula is C31H35FN6O8. The number of nitrogen functional groups attached to an aromatic ring is 1. The van der Waals surface area contributed by atoms with Gasteiger partial charge in [-0.05, 0) is 51.1 Å². The van der Waals surface area contributed by atoms with E-state index in [1.807, 2.05) is 0 Å². The van der Waals surface area contributed by atoms with E-state index < -0.39 is 47.3 Å². The van der Waals surface area contributed by atoms with Crippen molar-refractivity contribution in [3.8, 4) is 5.75 Å². The lowest BCUT2D eigenvalue weighted by Crippen LogP contribution is -2.46. The zero-order valence-corrected chi connectivity index (χ0v) is 25.5. The van der Waals surface area contributed by atoms with Crippen molar-refractivity contribution in [3.05, 3.63) is 82.9 Å². The summed E-state index contributed by atoms with van der Waals surface area (Å²) in [5.41, 5.74) is 10.6. The highest BCUT2D eigenvalue weighted by Crippen LogP contribution is 2.25. The summed E-state index contributed by atoms with van der Waals surface area (Å²) in [5.74, 6) is -2.67. The van der Waals surface area contributed by atoms with Crippen LogP contribution >= 0.6 is 0 Å². The van der Waals surface area contributed by atoms with Gasteiger partial charge in [-0.1, -0.05) is 18.2 Å². The number of rotatable bonds is 12. The Labute approximate surface area is 264 Å². The SMILES string of the molecule is CCOCOc1cccc(F)c1C(=O)c1ccc(C(=O)N[C@@H]2CN(C(=O)OC(C)(C)COC(=O)c3ccnc(N)n3)C[C@H]2N)cc1. The second kappa shape index (κ2) is 14.8. The maximum absolute atomic E-state index is 14.6. The Hall–Kier alpha value is -5.15. The number of ketones is 1. The Morgan fingerprint density at radius 1 is 1.07 bits per heavy atom. The zero-order chi connectivity index (χ0) is 33.4. The first-order valence-corrected chi connectivity index (χ1v) is 14.3. The fourth-order valence-corrected chi connectivity index (χ4v) is 4.46. The van der Waals surface area contributed by atoms with Crippen LogP contribution in [-0.4, -0.2) is 89.4 Å². The minimum atomic E-state index is -1.20. The van der Waals surface area contributed by atoms with Crippen molar-refractivity contribution in [2.45, 2.75) is 38.5 Å². The minimum absolute atomic E-state index is 0.0378. The minimum Gasteiger partial charge on any atom is -0.467 e. The highest BCUT2D eigenvalue weighted by Gasteiger charge is 2.37. The molecule has 1 saturated heterocycles. The van der Waals surface area contributed by atoms with Gasteiger partial charge in [-0.2, -0.15) is 0 Å². The van der Waals surface area contributed by atoms with Gasteiger partial charge >= 0.3 is 12.1 Å². The molecule has 0 bridgehead atoms. The first kappa shape index (κ1) is 33.7. The normalized spacial score (nSPS) is 16.1. The number of carbonyl (C=O) groups is 4. The summed E-state index contributed by atoms with van der Waals surface area (Å²) in [6.07, 6.45) is 0.608. The number of hydrogen-bond acceptors (Lipinski definition) is 12. The van der Waals surface area contributed by atoms with Crippen LogP contribution in [0.1, 0.15) is 57.5 Å². The molecule has 1 aromatic heterocycles. The number of ether oxygens (including phenoxy) is 4. The van der Waals surface area contributed by atoms with Crippen molar-refractivity contribution >= 4 is 29.7 Å². The van der Waals surface area contributed by atoms with E-state index in [0.29, 0.717) is 6.61 Å². The van der Waals surface area contributed by atoms with Crippen LogP contribution in [0.15, 0.2) is 54.7 Å². The number of nitrogens with one attached hydrogen (secondary N) is 1. The topological polar surface area (TPSA) is 198 Å². The van der Waals surface area contributed by atoms with Gasteiger partial charge in [0.05, 0.1) is 6.04 Å². The van der Waals surface area contributed by atoms with Crippen molar-refractivity contribution < 1.29 is 42.5 Å². The molecule has 46 heavy (non-hydrogen) atoms. The van der Waals surface area contributed by atoms with Crippen LogP contribution in [0.3, 0.4) is 0 Å². The number of esters is 1. The molecule has 1 fully saturated rings. The van der Waals surface area contributed by atoms with Crippen molar-refractivity contribution in [2.24, 2.45) is 5.73 Å². The average Bonchev–Trinajstić information content (AvgIpc) is 3.39. The molecule has 3 aromatic rings. The van der Waals surface area contributed by atoms with Crippen molar-refractivity contribution in [3.63, 3.8) is 0 Å². The van der Waals surface area contributed by atoms with Crippen molar-refractivity contribution in [1.29, 1.82) is 0 Å². The summed E-state index contributed by atoms with van der Waals surface area (Å²) in [5, 5.41) is 2.80. The van der Waals surface area contributed by atoms with Crippen LogP contribution in [0.25, 0.3) is 0 Å². The van der Waals surface area contributed by atoms with Gasteiger partial charge in [-0.3, -0.25) is 9.59 Å². The lowest BCUT2D eigenvalue weighted by atomic mass is 10.0. The fraction of sp³-hybridized carbons (Fsp3) is 0.355. The molecule has 2 atom stereocenters. The van der Waals surface area contributed by atoms with Crippen LogP contribution in [0.5, 0.6) is 5.75 Å². The molecule has 0 aliphatic carbocycles. The van der Waals surface area contributed by atoms with E-state index in [-0.39, 0.29) is 60.6 Å². The summed E-state index contributed by atoms with van der Waals surface area (Å²) in [6.45, 7) is 5.05. The van der Waals surface area contributed by atoms with Gasteiger partial charge in [0.1, 0.15) is 29.3 Å². The highest BCUT2D eigenvalue weighted by atomic mass is 19.1. The Bertz CT molecular complexity index is 1590. The van der Waals surface area contributed by atoms with E-state index >= 15 is 0 Å². The molecule has 0 radical (unpaired) electrons. The van der Waals surface area contributed by atoms with Crippen LogP contribution in [0.4, 0.5) is 15.1 Å². The molecule has 1 aliphatic rings. The number of likely N-dealkylation sites (tertiary alicyclic amines) is 1. The van der Waals surface area contributed by atoms with E-state index in [1.54, 1.807) is 20.8 Å². The van der Waals surface area contributed by atoms with Gasteiger partial charge in [-0.15, -0.1) is 0 Å². The number of nitrogens with zero attached hydrogens (tertiary/aromatic N) is 3. The Balaban J connectivity index is 1.31. The van der Waals surface area contributed by atoms with Crippen molar-refractivity contribution in [2.75, 3.05) is 38.8 Å². The number of benzene rings is 2. The number of carbonyl (C=O) groups excluding carboxylic acids is 4. The standard InChI is InChI=1S/C31H35FN6O8/c1-4-43-17-45-24-7-5-6-20(32)25(24)26(39)18-8-10-19(11-9-18)27(40)36-23-15-38(14-21(23)33)30(42)46-31(2,3)16-44-28(41)22-12-13-35-29(34)37-22/h5-13,21,23H,4,14-17,33H2,1-3H3,(H,36,40)(H2,34,35,37)/t21-,23-/m1/s1. The molecule has 15 heteroatoms. The molecule has 5 N–H and O–H groups in total. The Morgan fingerprint density at radius 2 is 1.78 bits per heavy atom. The summed E-state index contributed by atoms with van der Waals surface area (Å²) < 4.78 is 35.9. The van der Waals surface area contributed by atoms with Gasteiger partial charge in [0.25, 0.3) is 5.91 Å². The monoisotopic (exact) mass is 638 g/mol. The van der Waals surface area contributed by atoms with Gasteiger partial charge in [0.2, 0.25) is 5.95 Å². The summed E-state index contributed by atoms with van der Waals surface area (Å²) in [4.78, 5) is 60.1. The first-order valence-electron chi connectivity index (χ1n) is 14.3. The quantitative estimate of drug-likeness (QED) is 0.113. The highest BCUT2D eigenvalue weighted by molar-refractivity contribution is 6.11. The third kappa shape index (κ3) is 8.51. The molecule has 14 nitrogen and oxygen atoms in total. The number of halogens is 1. The van der Waals surface area contributed by atoms with Crippen LogP contribution in [0.2, 0.25) is 0 Å². The van der Waals surface area contributed by atoms with Gasteiger partial charge in [-0.25, -0.2) is 23.9 Å². The molecule has 244 valence electrons. The van der Waals surface area contributed by atoms with E-state index in [1.165, 1.54) is 53.6 Å². The van der Waals surface area contributed by atoms with E-state index in [2.05, 4.69) is 15.3 Å². The van der Waals surface area contributed by atoms with Crippen LogP contribution in [0, 0.1) is 5.82 Å². The molecular weight excluding hydrogens is 603 g/mol. The van der Waals surface area contributed by atoms with Gasteiger partial charge in [0.15, 0.2) is 18.3 Å². The van der Waals surface area contributed by atoms with Crippen molar-refractivity contribution in [1.82, 2.24) is 20.2 Å². The lowest BCUT2D eigenvalue weighted by molar-refractivity contribution is -0.0323. The summed E-state index contributed by atoms with van der Waals surface area (Å²) >= 11 is 0. The number of nitrogens with two attached hydrogens (primary N) is 2. The maximum Gasteiger partial charge on any atom is 0.410 e. The van der Waals surface area contributed by atoms with Crippen LogP contribution in [-0.2, 0) is 14.2 Å². The lowest BCUT2D eigenvalue weighted by Gasteiger charge is -2.27.